The number of nitrogens with zero attached hydrogens (tertiary/aromatic N) is 5. The highest BCUT2D eigenvalue weighted by Crippen LogP contribution is 2.28. The van der Waals surface area contributed by atoms with Crippen molar-refractivity contribution in [2.75, 3.05) is 12.3 Å². The van der Waals surface area contributed by atoms with Gasteiger partial charge in [-0.2, -0.15) is 0 Å². The summed E-state index contributed by atoms with van der Waals surface area (Å²) in [5, 5.41) is 0.858. The lowest BCUT2D eigenvalue weighted by Gasteiger charge is -2.29. The van der Waals surface area contributed by atoms with E-state index in [0.29, 0.717) is 30.4 Å². The number of halogens is 1. The minimum absolute atomic E-state index is 0.135. The number of rotatable bonds is 5. The molecule has 0 saturated carbocycles. The van der Waals surface area contributed by atoms with Crippen LogP contribution in [0.25, 0.3) is 10.9 Å². The molecular weight excluding hydrogens is 543 g/mol. The second kappa shape index (κ2) is 9.49. The lowest BCUT2D eigenvalue weighted by molar-refractivity contribution is 0.0663. The summed E-state index contributed by atoms with van der Waals surface area (Å²) in [6, 6.07) is 10.8. The van der Waals surface area contributed by atoms with Crippen molar-refractivity contribution in [2.45, 2.75) is 32.4 Å². The third-order valence-corrected chi connectivity index (χ3v) is 6.78. The van der Waals surface area contributed by atoms with E-state index in [2.05, 4.69) is 42.5 Å². The highest BCUT2D eigenvalue weighted by Gasteiger charge is 2.26. The molecule has 1 atom stereocenters. The van der Waals surface area contributed by atoms with Crippen molar-refractivity contribution in [1.29, 1.82) is 0 Å². The van der Waals surface area contributed by atoms with E-state index in [9.17, 15) is 4.79 Å². The molecule has 4 aromatic rings. The number of aryl methyl sites for hydroxylation is 1. The quantitative estimate of drug-likeness (QED) is 0.359. The minimum Gasteiger partial charge on any atom is -0.492 e. The Hall–Kier alpha value is -3.34. The molecule has 0 bridgehead atoms. The molecule has 4 heterocycles. The average molecular weight is 566 g/mol. The van der Waals surface area contributed by atoms with Crippen LogP contribution in [0.3, 0.4) is 0 Å². The first-order valence-corrected chi connectivity index (χ1v) is 12.1. The third-order valence-electron chi connectivity index (χ3n) is 5.92. The smallest absolute Gasteiger partial charge is 0.254 e. The van der Waals surface area contributed by atoms with E-state index in [1.807, 2.05) is 31.2 Å². The molecule has 0 spiro atoms. The zero-order valence-electron chi connectivity index (χ0n) is 18.6. The van der Waals surface area contributed by atoms with Crippen molar-refractivity contribution in [2.24, 2.45) is 0 Å². The number of hydrogen-bond donors (Lipinski definition) is 1. The largest absolute Gasteiger partial charge is 0.492 e. The average Bonchev–Trinajstić information content (AvgIpc) is 2.87. The normalized spacial score (nSPS) is 13.7. The summed E-state index contributed by atoms with van der Waals surface area (Å²) in [5.41, 5.74) is 9.17. The Morgan fingerprint density at radius 2 is 2.03 bits per heavy atom. The second-order valence-electron chi connectivity index (χ2n) is 8.21. The number of benzene rings is 1. The molecule has 2 N–H and O–H groups in total. The maximum atomic E-state index is 13.8. The van der Waals surface area contributed by atoms with Gasteiger partial charge in [-0.1, -0.05) is 0 Å². The van der Waals surface area contributed by atoms with Gasteiger partial charge in [0.1, 0.15) is 17.4 Å². The number of amides is 1. The number of nitrogen functional groups attached to an aromatic ring is 1. The lowest BCUT2D eigenvalue weighted by atomic mass is 10.1. The first-order valence-electron chi connectivity index (χ1n) is 11.0. The van der Waals surface area contributed by atoms with Crippen LogP contribution in [0.15, 0.2) is 55.0 Å². The van der Waals surface area contributed by atoms with Crippen LogP contribution in [0.2, 0.25) is 0 Å². The van der Waals surface area contributed by atoms with E-state index < -0.39 is 0 Å². The van der Waals surface area contributed by atoms with Gasteiger partial charge in [0.2, 0.25) is 0 Å². The maximum absolute atomic E-state index is 13.8. The fourth-order valence-electron chi connectivity index (χ4n) is 4.08. The molecule has 34 heavy (non-hydrogen) atoms. The van der Waals surface area contributed by atoms with E-state index in [4.69, 9.17) is 10.5 Å². The highest BCUT2D eigenvalue weighted by molar-refractivity contribution is 14.1. The molecule has 1 aliphatic heterocycles. The van der Waals surface area contributed by atoms with Crippen molar-refractivity contribution in [3.05, 3.63) is 81.2 Å². The summed E-state index contributed by atoms with van der Waals surface area (Å²) < 4.78 is 6.54. The SMILES string of the molecule is C[C@@H](c1ncccn1)N(Cc1cc2c(cn1)OCCC2)C(=O)c1ccc2nc(N)c(I)cc2c1. The fourth-order valence-corrected chi connectivity index (χ4v) is 4.54. The van der Waals surface area contributed by atoms with Crippen LogP contribution in [-0.2, 0) is 13.0 Å². The first-order chi connectivity index (χ1) is 16.5. The monoisotopic (exact) mass is 566 g/mol. The number of anilines is 1. The fraction of sp³-hybridized carbons (Fsp3) is 0.240. The van der Waals surface area contributed by atoms with Gasteiger partial charge in [0.05, 0.1) is 40.2 Å². The van der Waals surface area contributed by atoms with E-state index in [1.54, 1.807) is 35.6 Å². The van der Waals surface area contributed by atoms with Gasteiger partial charge in [0.15, 0.2) is 0 Å². The van der Waals surface area contributed by atoms with Gasteiger partial charge in [-0.15, -0.1) is 0 Å². The molecular formula is C25H23IN6O2. The van der Waals surface area contributed by atoms with Gasteiger partial charge >= 0.3 is 0 Å². The van der Waals surface area contributed by atoms with Gasteiger partial charge in [-0.3, -0.25) is 9.78 Å². The van der Waals surface area contributed by atoms with E-state index in [1.165, 1.54) is 0 Å². The predicted octanol–water partition coefficient (Wildman–Crippen LogP) is 4.34. The zero-order valence-corrected chi connectivity index (χ0v) is 20.8. The van der Waals surface area contributed by atoms with Crippen molar-refractivity contribution in [3.63, 3.8) is 0 Å². The summed E-state index contributed by atoms with van der Waals surface area (Å²) in [4.78, 5) is 33.3. The molecule has 0 aliphatic carbocycles. The van der Waals surface area contributed by atoms with Crippen LogP contribution < -0.4 is 10.5 Å². The molecule has 172 valence electrons. The predicted molar refractivity (Wildman–Crippen MR) is 137 cm³/mol. The van der Waals surface area contributed by atoms with E-state index in [0.717, 1.165) is 44.3 Å². The maximum Gasteiger partial charge on any atom is 0.254 e. The van der Waals surface area contributed by atoms with E-state index >= 15 is 0 Å². The molecule has 1 amide bonds. The number of nitrogens with two attached hydrogens (primary N) is 1. The lowest BCUT2D eigenvalue weighted by Crippen LogP contribution is -2.34. The Morgan fingerprint density at radius 3 is 2.85 bits per heavy atom. The molecule has 1 aromatic carbocycles. The van der Waals surface area contributed by atoms with Gasteiger partial charge < -0.3 is 15.4 Å². The van der Waals surface area contributed by atoms with Crippen LogP contribution >= 0.6 is 22.6 Å². The Kier molecular flexibility index (Phi) is 6.27. The van der Waals surface area contributed by atoms with Crippen molar-refractivity contribution >= 4 is 45.2 Å². The molecule has 5 rings (SSSR count). The topological polar surface area (TPSA) is 107 Å². The number of carbonyl (C=O) groups excluding carboxylic acids is 1. The summed E-state index contributed by atoms with van der Waals surface area (Å²) in [6.45, 7) is 2.96. The zero-order chi connectivity index (χ0) is 23.7. The van der Waals surface area contributed by atoms with Gasteiger partial charge in [-0.05, 0) is 84.3 Å². The second-order valence-corrected chi connectivity index (χ2v) is 9.38. The van der Waals surface area contributed by atoms with E-state index in [-0.39, 0.29) is 11.9 Å². The highest BCUT2D eigenvalue weighted by atomic mass is 127. The Balaban J connectivity index is 1.51. The number of ether oxygens (including phenoxy) is 1. The number of carbonyl (C=O) groups is 1. The molecule has 0 unspecified atom stereocenters. The van der Waals surface area contributed by atoms with Gasteiger partial charge in [0, 0.05) is 23.3 Å². The minimum atomic E-state index is -0.358. The van der Waals surface area contributed by atoms with Crippen LogP contribution in [0.4, 0.5) is 5.82 Å². The molecule has 0 radical (unpaired) electrons. The Bertz CT molecular complexity index is 1360. The van der Waals surface area contributed by atoms with Crippen LogP contribution in [-0.4, -0.2) is 37.3 Å². The molecule has 0 saturated heterocycles. The summed E-state index contributed by atoms with van der Waals surface area (Å²) in [5.74, 6) is 1.74. The van der Waals surface area contributed by atoms with Crippen LogP contribution in [0.5, 0.6) is 5.75 Å². The van der Waals surface area contributed by atoms with Gasteiger partial charge in [-0.25, -0.2) is 15.0 Å². The van der Waals surface area contributed by atoms with Crippen LogP contribution in [0.1, 0.15) is 46.8 Å². The summed E-state index contributed by atoms with van der Waals surface area (Å²) in [6.07, 6.45) is 7.04. The standard InChI is InChI=1S/C25H23IN6O2/c1-15(24-28-7-3-8-29-24)32(14-19-11-16-4-2-9-34-22(16)13-30-19)25(33)17-5-6-21-18(10-17)12-20(26)23(27)31-21/h3,5-8,10-13,15H,2,4,9,14H2,1H3,(H2,27,31)/t15-/m0/s1. The Morgan fingerprint density at radius 1 is 1.21 bits per heavy atom. The number of fused-ring (bicyclic) bond motifs is 2. The number of aromatic nitrogens is 4. The van der Waals surface area contributed by atoms with Crippen LogP contribution in [0, 0.1) is 3.57 Å². The van der Waals surface area contributed by atoms with Crippen molar-refractivity contribution in [1.82, 2.24) is 24.8 Å². The first kappa shape index (κ1) is 22.5. The molecule has 9 heteroatoms. The summed E-state index contributed by atoms with van der Waals surface area (Å²) in [7, 11) is 0. The van der Waals surface area contributed by atoms with Gasteiger partial charge in [0.25, 0.3) is 5.91 Å². The molecule has 3 aromatic heterocycles. The molecule has 1 aliphatic rings. The van der Waals surface area contributed by atoms with Crippen molar-refractivity contribution < 1.29 is 9.53 Å². The van der Waals surface area contributed by atoms with Crippen molar-refractivity contribution in [3.8, 4) is 5.75 Å². The number of hydrogen-bond acceptors (Lipinski definition) is 7. The molecule has 0 fully saturated rings. The third kappa shape index (κ3) is 4.52. The Labute approximate surface area is 210 Å². The molecule has 8 nitrogen and oxygen atoms in total. The summed E-state index contributed by atoms with van der Waals surface area (Å²) >= 11 is 2.15. The number of pyridine rings is 2.